The summed E-state index contributed by atoms with van der Waals surface area (Å²) in [7, 11) is -3.58. The van der Waals surface area contributed by atoms with Crippen molar-refractivity contribution in [1.29, 1.82) is 0 Å². The van der Waals surface area contributed by atoms with Gasteiger partial charge in [0.2, 0.25) is 10.0 Å². The predicted octanol–water partition coefficient (Wildman–Crippen LogP) is 1.99. The maximum absolute atomic E-state index is 13.5. The Morgan fingerprint density at radius 3 is 2.26 bits per heavy atom. The minimum absolute atomic E-state index is 0.0743. The molecule has 0 amide bonds. The monoisotopic (exact) mass is 286 g/mol. The molecule has 1 aromatic rings. The van der Waals surface area contributed by atoms with Gasteiger partial charge in [0.05, 0.1) is 10.6 Å². The Labute approximate surface area is 113 Å². The first-order valence-corrected chi connectivity index (χ1v) is 7.73. The quantitative estimate of drug-likeness (QED) is 0.846. The SMILES string of the molecule is Cc1cc(S(=O)(=O)N2CC(C)C(C)C2)cc(N)c1F. The van der Waals surface area contributed by atoms with Crippen LogP contribution in [0.25, 0.3) is 0 Å². The highest BCUT2D eigenvalue weighted by Gasteiger charge is 2.35. The van der Waals surface area contributed by atoms with Crippen molar-refractivity contribution in [1.82, 2.24) is 4.31 Å². The van der Waals surface area contributed by atoms with Gasteiger partial charge in [-0.25, -0.2) is 12.8 Å². The molecule has 1 aliphatic rings. The van der Waals surface area contributed by atoms with Gasteiger partial charge in [0.1, 0.15) is 5.82 Å². The van der Waals surface area contributed by atoms with Crippen LogP contribution in [0.5, 0.6) is 0 Å². The van der Waals surface area contributed by atoms with E-state index in [2.05, 4.69) is 0 Å². The fraction of sp³-hybridized carbons (Fsp3) is 0.538. The van der Waals surface area contributed by atoms with Crippen LogP contribution in [0.2, 0.25) is 0 Å². The highest BCUT2D eigenvalue weighted by Crippen LogP contribution is 2.30. The van der Waals surface area contributed by atoms with Crippen molar-refractivity contribution in [3.8, 4) is 0 Å². The molecular formula is C13H19FN2O2S. The topological polar surface area (TPSA) is 63.4 Å². The molecule has 1 aliphatic heterocycles. The smallest absolute Gasteiger partial charge is 0.243 e. The Kier molecular flexibility index (Phi) is 3.57. The summed E-state index contributed by atoms with van der Waals surface area (Å²) < 4.78 is 39.9. The zero-order chi connectivity index (χ0) is 14.4. The zero-order valence-electron chi connectivity index (χ0n) is 11.4. The van der Waals surface area contributed by atoms with Crippen molar-refractivity contribution < 1.29 is 12.8 Å². The first-order chi connectivity index (χ1) is 8.73. The molecule has 2 N–H and O–H groups in total. The predicted molar refractivity (Wildman–Crippen MR) is 72.6 cm³/mol. The minimum Gasteiger partial charge on any atom is -0.396 e. The lowest BCUT2D eigenvalue weighted by atomic mass is 10.0. The molecule has 1 fully saturated rings. The number of hydrogen-bond acceptors (Lipinski definition) is 3. The number of rotatable bonds is 2. The van der Waals surface area contributed by atoms with E-state index in [9.17, 15) is 12.8 Å². The Balaban J connectivity index is 2.41. The number of nitrogens with zero attached hydrogens (tertiary/aromatic N) is 1. The van der Waals surface area contributed by atoms with E-state index >= 15 is 0 Å². The number of nitrogen functional groups attached to an aromatic ring is 1. The van der Waals surface area contributed by atoms with Crippen molar-refractivity contribution in [3.63, 3.8) is 0 Å². The van der Waals surface area contributed by atoms with E-state index < -0.39 is 15.8 Å². The fourth-order valence-corrected chi connectivity index (χ4v) is 4.10. The third-order valence-electron chi connectivity index (χ3n) is 3.85. The van der Waals surface area contributed by atoms with Crippen LogP contribution in [0.1, 0.15) is 19.4 Å². The van der Waals surface area contributed by atoms with Gasteiger partial charge in [0.15, 0.2) is 0 Å². The second kappa shape index (κ2) is 4.76. The van der Waals surface area contributed by atoms with Crippen LogP contribution >= 0.6 is 0 Å². The molecule has 2 atom stereocenters. The molecule has 0 spiro atoms. The van der Waals surface area contributed by atoms with E-state index in [0.29, 0.717) is 24.9 Å². The second-order valence-corrected chi connectivity index (χ2v) is 7.36. The summed E-state index contributed by atoms with van der Waals surface area (Å²) in [6, 6.07) is 2.54. The summed E-state index contributed by atoms with van der Waals surface area (Å²) >= 11 is 0. The molecule has 1 heterocycles. The molecule has 0 saturated carbocycles. The first kappa shape index (κ1) is 14.3. The van der Waals surface area contributed by atoms with Crippen molar-refractivity contribution >= 4 is 15.7 Å². The minimum atomic E-state index is -3.58. The molecule has 2 rings (SSSR count). The molecule has 0 bridgehead atoms. The summed E-state index contributed by atoms with van der Waals surface area (Å²) in [4.78, 5) is 0.0743. The van der Waals surface area contributed by atoms with Crippen molar-refractivity contribution in [2.45, 2.75) is 25.7 Å². The molecule has 1 aromatic carbocycles. The Hall–Kier alpha value is -1.14. The van der Waals surface area contributed by atoms with Gasteiger partial charge in [-0.3, -0.25) is 0 Å². The van der Waals surface area contributed by atoms with Gasteiger partial charge in [-0.05, 0) is 36.5 Å². The molecule has 2 unspecified atom stereocenters. The van der Waals surface area contributed by atoms with E-state index in [-0.39, 0.29) is 16.1 Å². The van der Waals surface area contributed by atoms with Crippen LogP contribution in [0, 0.1) is 24.6 Å². The average Bonchev–Trinajstić information content (AvgIpc) is 2.66. The number of anilines is 1. The molecule has 19 heavy (non-hydrogen) atoms. The number of nitrogens with two attached hydrogens (primary N) is 1. The third kappa shape index (κ3) is 2.47. The van der Waals surface area contributed by atoms with Crippen molar-refractivity contribution in [3.05, 3.63) is 23.5 Å². The van der Waals surface area contributed by atoms with Crippen molar-refractivity contribution in [2.75, 3.05) is 18.8 Å². The first-order valence-electron chi connectivity index (χ1n) is 6.29. The normalized spacial score (nSPS) is 24.8. The van der Waals surface area contributed by atoms with Gasteiger partial charge in [0.25, 0.3) is 0 Å². The summed E-state index contributed by atoms with van der Waals surface area (Å²) in [5.74, 6) is 0.101. The second-order valence-electron chi connectivity index (χ2n) is 5.42. The van der Waals surface area contributed by atoms with Crippen LogP contribution in [0.15, 0.2) is 17.0 Å². The average molecular weight is 286 g/mol. The van der Waals surface area contributed by atoms with Gasteiger partial charge in [-0.1, -0.05) is 13.8 Å². The summed E-state index contributed by atoms with van der Waals surface area (Å²) in [5, 5.41) is 0. The molecule has 1 saturated heterocycles. The van der Waals surface area contributed by atoms with E-state index in [1.807, 2.05) is 13.8 Å². The highest BCUT2D eigenvalue weighted by atomic mass is 32.2. The number of aryl methyl sites for hydroxylation is 1. The Morgan fingerprint density at radius 2 is 1.79 bits per heavy atom. The Bertz CT molecular complexity index is 568. The molecule has 6 heteroatoms. The largest absolute Gasteiger partial charge is 0.396 e. The van der Waals surface area contributed by atoms with Gasteiger partial charge >= 0.3 is 0 Å². The highest BCUT2D eigenvalue weighted by molar-refractivity contribution is 7.89. The molecule has 106 valence electrons. The maximum Gasteiger partial charge on any atom is 0.243 e. The fourth-order valence-electron chi connectivity index (χ4n) is 2.33. The Morgan fingerprint density at radius 1 is 1.26 bits per heavy atom. The van der Waals surface area contributed by atoms with Crippen LogP contribution in [-0.2, 0) is 10.0 Å². The van der Waals surface area contributed by atoms with Gasteiger partial charge < -0.3 is 5.73 Å². The summed E-state index contributed by atoms with van der Waals surface area (Å²) in [5.41, 5.74) is 5.64. The van der Waals surface area contributed by atoms with Crippen LogP contribution < -0.4 is 5.73 Å². The van der Waals surface area contributed by atoms with Crippen molar-refractivity contribution in [2.24, 2.45) is 11.8 Å². The van der Waals surface area contributed by atoms with Crippen LogP contribution in [0.4, 0.5) is 10.1 Å². The van der Waals surface area contributed by atoms with Gasteiger partial charge in [-0.15, -0.1) is 0 Å². The van der Waals surface area contributed by atoms with Gasteiger partial charge in [0, 0.05) is 13.1 Å². The summed E-state index contributed by atoms with van der Waals surface area (Å²) in [6.45, 7) is 6.58. The van der Waals surface area contributed by atoms with E-state index in [1.54, 1.807) is 0 Å². The standard InChI is InChI=1S/C13H19FN2O2S/c1-8-4-11(5-12(15)13(8)14)19(17,18)16-6-9(2)10(3)7-16/h4-5,9-10H,6-7,15H2,1-3H3. The molecular weight excluding hydrogens is 267 g/mol. The van der Waals surface area contributed by atoms with Crippen LogP contribution in [-0.4, -0.2) is 25.8 Å². The molecule has 0 aromatic heterocycles. The third-order valence-corrected chi connectivity index (χ3v) is 5.66. The van der Waals surface area contributed by atoms with E-state index in [0.717, 1.165) is 0 Å². The maximum atomic E-state index is 13.5. The zero-order valence-corrected chi connectivity index (χ0v) is 12.2. The molecule has 0 radical (unpaired) electrons. The number of halogens is 1. The van der Waals surface area contributed by atoms with E-state index in [4.69, 9.17) is 5.73 Å². The summed E-state index contributed by atoms with van der Waals surface area (Å²) in [6.07, 6.45) is 0. The van der Waals surface area contributed by atoms with Gasteiger partial charge in [-0.2, -0.15) is 4.31 Å². The molecule has 0 aliphatic carbocycles. The van der Waals surface area contributed by atoms with Crippen LogP contribution in [0.3, 0.4) is 0 Å². The lowest BCUT2D eigenvalue weighted by Crippen LogP contribution is -2.29. The number of benzene rings is 1. The lowest BCUT2D eigenvalue weighted by molar-refractivity contribution is 0.463. The molecule has 4 nitrogen and oxygen atoms in total. The van der Waals surface area contributed by atoms with E-state index in [1.165, 1.54) is 23.4 Å². The lowest BCUT2D eigenvalue weighted by Gasteiger charge is -2.17. The number of hydrogen-bond donors (Lipinski definition) is 1. The number of sulfonamides is 1.